The second-order valence-corrected chi connectivity index (χ2v) is 7.41. The number of fused-ring (bicyclic) bond motifs is 1. The number of amides is 1. The first-order chi connectivity index (χ1) is 13.5. The van der Waals surface area contributed by atoms with Gasteiger partial charge >= 0.3 is 0 Å². The van der Waals surface area contributed by atoms with Crippen LogP contribution in [0.1, 0.15) is 27.2 Å². The molecule has 8 nitrogen and oxygen atoms in total. The molecular weight excluding hydrogens is 374 g/mol. The molecule has 1 amide bonds. The van der Waals surface area contributed by atoms with Gasteiger partial charge in [-0.15, -0.1) is 10.2 Å². The summed E-state index contributed by atoms with van der Waals surface area (Å²) in [7, 11) is 3.84. The topological polar surface area (TPSA) is 92.6 Å². The van der Waals surface area contributed by atoms with Crippen molar-refractivity contribution in [2.75, 3.05) is 12.8 Å². The van der Waals surface area contributed by atoms with Crippen LogP contribution in [0.25, 0.3) is 11.5 Å². The lowest BCUT2D eigenvalue weighted by Crippen LogP contribution is -2.36. The van der Waals surface area contributed by atoms with Crippen LogP contribution in [0.2, 0.25) is 0 Å². The molecule has 0 saturated heterocycles. The van der Waals surface area contributed by atoms with E-state index in [1.165, 1.54) is 11.8 Å². The summed E-state index contributed by atoms with van der Waals surface area (Å²) < 4.78 is 3.80. The Kier molecular flexibility index (Phi) is 4.65. The lowest BCUT2D eigenvalue weighted by Gasteiger charge is -2.27. The third-order valence-electron chi connectivity index (χ3n) is 5.02. The maximum Gasteiger partial charge on any atom is 0.254 e. The molecule has 1 aromatic carbocycles. The Morgan fingerprint density at radius 1 is 1.21 bits per heavy atom. The number of rotatable bonds is 3. The number of nitriles is 1. The molecule has 9 heteroatoms. The summed E-state index contributed by atoms with van der Waals surface area (Å²) in [6, 6.07) is 8.81. The van der Waals surface area contributed by atoms with Gasteiger partial charge in [0.05, 0.1) is 18.2 Å². The van der Waals surface area contributed by atoms with Crippen LogP contribution in [0.5, 0.6) is 0 Å². The van der Waals surface area contributed by atoms with Crippen LogP contribution in [0, 0.1) is 11.3 Å². The van der Waals surface area contributed by atoms with Crippen molar-refractivity contribution in [2.24, 2.45) is 14.1 Å². The molecule has 0 radical (unpaired) electrons. The zero-order chi connectivity index (χ0) is 19.8. The summed E-state index contributed by atoms with van der Waals surface area (Å²) >= 11 is 1.53. The predicted molar refractivity (Wildman–Crippen MR) is 105 cm³/mol. The van der Waals surface area contributed by atoms with Crippen molar-refractivity contribution in [3.8, 4) is 17.6 Å². The van der Waals surface area contributed by atoms with E-state index in [1.54, 1.807) is 24.3 Å². The van der Waals surface area contributed by atoms with Crippen molar-refractivity contribution in [1.29, 1.82) is 5.26 Å². The molecular formula is C19H19N7OS. The van der Waals surface area contributed by atoms with Crippen LogP contribution in [0.4, 0.5) is 0 Å². The van der Waals surface area contributed by atoms with Gasteiger partial charge in [-0.05, 0) is 30.5 Å². The van der Waals surface area contributed by atoms with E-state index in [0.29, 0.717) is 30.0 Å². The van der Waals surface area contributed by atoms with Crippen LogP contribution in [-0.4, -0.2) is 48.2 Å². The molecule has 0 fully saturated rings. The van der Waals surface area contributed by atoms with E-state index in [9.17, 15) is 4.79 Å². The number of hydrogen-bond donors (Lipinski definition) is 0. The highest BCUT2D eigenvalue weighted by atomic mass is 32.2. The summed E-state index contributed by atoms with van der Waals surface area (Å²) in [6.45, 7) is 1.10. The number of benzene rings is 1. The monoisotopic (exact) mass is 393 g/mol. The summed E-state index contributed by atoms with van der Waals surface area (Å²) in [4.78, 5) is 14.8. The van der Waals surface area contributed by atoms with Crippen molar-refractivity contribution in [3.63, 3.8) is 0 Å². The number of carbonyl (C=O) groups excluding carboxylic acids is 1. The molecule has 4 rings (SSSR count). The number of thioether (sulfide) groups is 1. The lowest BCUT2D eigenvalue weighted by molar-refractivity contribution is 0.0733. The molecule has 0 bridgehead atoms. The Morgan fingerprint density at radius 2 is 1.96 bits per heavy atom. The molecule has 0 aliphatic carbocycles. The zero-order valence-electron chi connectivity index (χ0n) is 15.9. The minimum absolute atomic E-state index is 0.0484. The van der Waals surface area contributed by atoms with E-state index >= 15 is 0 Å². The van der Waals surface area contributed by atoms with E-state index in [-0.39, 0.29) is 5.91 Å². The third-order valence-corrected chi connectivity index (χ3v) is 5.74. The number of hydrogen-bond acceptors (Lipinski definition) is 6. The lowest BCUT2D eigenvalue weighted by atomic mass is 10.0. The Balaban J connectivity index is 1.67. The molecule has 28 heavy (non-hydrogen) atoms. The van der Waals surface area contributed by atoms with Gasteiger partial charge in [0.2, 0.25) is 0 Å². The highest BCUT2D eigenvalue weighted by Crippen LogP contribution is 2.30. The van der Waals surface area contributed by atoms with E-state index in [0.717, 1.165) is 28.5 Å². The molecule has 1 aliphatic rings. The van der Waals surface area contributed by atoms with Gasteiger partial charge in [-0.25, -0.2) is 0 Å². The van der Waals surface area contributed by atoms with Crippen molar-refractivity contribution in [2.45, 2.75) is 18.1 Å². The molecule has 0 saturated carbocycles. The van der Waals surface area contributed by atoms with E-state index < -0.39 is 0 Å². The highest BCUT2D eigenvalue weighted by Gasteiger charge is 2.29. The maximum atomic E-state index is 13.0. The highest BCUT2D eigenvalue weighted by molar-refractivity contribution is 7.98. The van der Waals surface area contributed by atoms with Crippen LogP contribution in [0.3, 0.4) is 0 Å². The minimum atomic E-state index is -0.0484. The Bertz CT molecular complexity index is 1090. The second kappa shape index (κ2) is 7.13. The van der Waals surface area contributed by atoms with Gasteiger partial charge < -0.3 is 9.47 Å². The quantitative estimate of drug-likeness (QED) is 0.632. The van der Waals surface area contributed by atoms with Gasteiger partial charge in [-0.3, -0.25) is 9.48 Å². The largest absolute Gasteiger partial charge is 0.334 e. The minimum Gasteiger partial charge on any atom is -0.334 e. The number of aromatic nitrogens is 5. The third kappa shape index (κ3) is 2.96. The Hall–Kier alpha value is -3.12. The fourth-order valence-corrected chi connectivity index (χ4v) is 4.00. The maximum absolute atomic E-state index is 13.0. The van der Waals surface area contributed by atoms with Gasteiger partial charge in [0.15, 0.2) is 11.0 Å². The summed E-state index contributed by atoms with van der Waals surface area (Å²) in [5.74, 6) is 0.654. The molecule has 0 N–H and O–H groups in total. The van der Waals surface area contributed by atoms with Gasteiger partial charge in [0, 0.05) is 43.9 Å². The molecule has 0 atom stereocenters. The molecule has 3 heterocycles. The summed E-state index contributed by atoms with van der Waals surface area (Å²) in [5.41, 5.74) is 4.02. The SMILES string of the molecule is CSc1nnc(-c2nn(C)c3c2CN(C(=O)c2ccc(C#N)cc2)CC3)n1C. The molecule has 1 aliphatic heterocycles. The van der Waals surface area contributed by atoms with Crippen LogP contribution >= 0.6 is 11.8 Å². The fourth-order valence-electron chi connectivity index (χ4n) is 3.51. The summed E-state index contributed by atoms with van der Waals surface area (Å²) in [5, 5.41) is 22.9. The molecule has 0 unspecified atom stereocenters. The van der Waals surface area contributed by atoms with E-state index in [4.69, 9.17) is 5.26 Å². The Labute approximate surface area is 166 Å². The summed E-state index contributed by atoms with van der Waals surface area (Å²) in [6.07, 6.45) is 2.69. The fraction of sp³-hybridized carbons (Fsp3) is 0.316. The van der Waals surface area contributed by atoms with Crippen molar-refractivity contribution in [1.82, 2.24) is 29.4 Å². The second-order valence-electron chi connectivity index (χ2n) is 6.63. The molecule has 3 aromatic rings. The smallest absolute Gasteiger partial charge is 0.254 e. The first kappa shape index (κ1) is 18.3. The van der Waals surface area contributed by atoms with Gasteiger partial charge in [-0.1, -0.05) is 11.8 Å². The van der Waals surface area contributed by atoms with Crippen LogP contribution in [0.15, 0.2) is 29.4 Å². The van der Waals surface area contributed by atoms with Crippen molar-refractivity contribution < 1.29 is 4.79 Å². The Morgan fingerprint density at radius 3 is 2.61 bits per heavy atom. The van der Waals surface area contributed by atoms with Crippen molar-refractivity contribution >= 4 is 17.7 Å². The number of nitrogens with zero attached hydrogens (tertiary/aromatic N) is 7. The van der Waals surface area contributed by atoms with Crippen LogP contribution in [-0.2, 0) is 27.1 Å². The van der Waals surface area contributed by atoms with E-state index in [1.807, 2.05) is 34.5 Å². The molecule has 2 aromatic heterocycles. The first-order valence-corrected chi connectivity index (χ1v) is 10.0. The van der Waals surface area contributed by atoms with Gasteiger partial charge in [0.1, 0.15) is 5.69 Å². The van der Waals surface area contributed by atoms with E-state index in [2.05, 4.69) is 21.4 Å². The standard InChI is InChI=1S/C19H19N7OS/c1-24-17(21-22-19(24)28-3)16-14-11-26(9-8-15(14)25(2)23-16)18(27)13-6-4-12(10-20)5-7-13/h4-7H,8-9,11H2,1-3H3. The predicted octanol–water partition coefficient (Wildman–Crippen LogP) is 2.01. The zero-order valence-corrected chi connectivity index (χ0v) is 16.7. The average molecular weight is 393 g/mol. The molecule has 142 valence electrons. The van der Waals surface area contributed by atoms with Gasteiger partial charge in [0.25, 0.3) is 5.91 Å². The number of aryl methyl sites for hydroxylation is 1. The molecule has 0 spiro atoms. The van der Waals surface area contributed by atoms with Crippen molar-refractivity contribution in [3.05, 3.63) is 46.6 Å². The first-order valence-electron chi connectivity index (χ1n) is 8.81. The normalized spacial score (nSPS) is 13.3. The van der Waals surface area contributed by atoms with Gasteiger partial charge in [-0.2, -0.15) is 10.4 Å². The number of carbonyl (C=O) groups is 1. The average Bonchev–Trinajstić information content (AvgIpc) is 3.26. The van der Waals surface area contributed by atoms with Crippen LogP contribution < -0.4 is 0 Å².